The molecule has 3 fully saturated rings. The van der Waals surface area contributed by atoms with Crippen LogP contribution in [0.15, 0.2) is 30.3 Å². The molecule has 0 bridgehead atoms. The van der Waals surface area contributed by atoms with Crippen LogP contribution in [-0.4, -0.2) is 64.6 Å². The first-order valence-electron chi connectivity index (χ1n) is 17.9. The summed E-state index contributed by atoms with van der Waals surface area (Å²) in [6.45, 7) is 12.5. The monoisotopic (exact) mass is 653 g/mol. The van der Waals surface area contributed by atoms with E-state index in [1.807, 2.05) is 39.0 Å². The number of ketones is 1. The fourth-order valence-corrected chi connectivity index (χ4v) is 7.24. The number of nitrogens with one attached hydrogen (secondary N) is 3. The predicted octanol–water partition coefficient (Wildman–Crippen LogP) is 5.34. The SMILES string of the molecule is CCC.CCC(c1ccccc1)C1(NC(=O)NC(C(=O)N2CCC[C@H]2C(=O)NC(CC2CC2)C(=O)C(N)=O)C(C)(C)C)CCCCC1. The highest BCUT2D eigenvalue weighted by Crippen LogP contribution is 2.42. The second-order valence-electron chi connectivity index (χ2n) is 14.9. The molecule has 0 radical (unpaired) electrons. The van der Waals surface area contributed by atoms with E-state index in [1.165, 1.54) is 16.9 Å². The van der Waals surface area contributed by atoms with Gasteiger partial charge in [-0.15, -0.1) is 0 Å². The number of hydrogen-bond donors (Lipinski definition) is 4. The summed E-state index contributed by atoms with van der Waals surface area (Å²) in [5.41, 5.74) is 5.39. The van der Waals surface area contributed by atoms with Gasteiger partial charge in [0.2, 0.25) is 17.6 Å². The van der Waals surface area contributed by atoms with Gasteiger partial charge in [-0.1, -0.05) is 110 Å². The zero-order valence-corrected chi connectivity index (χ0v) is 29.5. The Morgan fingerprint density at radius 2 is 1.53 bits per heavy atom. The molecular weight excluding hydrogens is 594 g/mol. The quantitative estimate of drug-likeness (QED) is 0.225. The molecule has 47 heavy (non-hydrogen) atoms. The second kappa shape index (κ2) is 17.1. The van der Waals surface area contributed by atoms with Gasteiger partial charge in [-0.3, -0.25) is 19.2 Å². The molecule has 1 aromatic rings. The van der Waals surface area contributed by atoms with Gasteiger partial charge in [-0.2, -0.15) is 0 Å². The zero-order chi connectivity index (χ0) is 34.8. The Labute approximate surface area is 281 Å². The maximum Gasteiger partial charge on any atom is 0.315 e. The zero-order valence-electron chi connectivity index (χ0n) is 29.5. The van der Waals surface area contributed by atoms with Crippen LogP contribution in [0.2, 0.25) is 0 Å². The molecule has 10 heteroatoms. The topological polar surface area (TPSA) is 151 Å². The van der Waals surface area contributed by atoms with Gasteiger partial charge in [0, 0.05) is 18.0 Å². The van der Waals surface area contributed by atoms with Crippen LogP contribution in [0.25, 0.3) is 0 Å². The van der Waals surface area contributed by atoms with Crippen molar-refractivity contribution in [1.82, 2.24) is 20.9 Å². The van der Waals surface area contributed by atoms with Gasteiger partial charge >= 0.3 is 6.03 Å². The van der Waals surface area contributed by atoms with E-state index < -0.39 is 46.7 Å². The molecule has 1 aromatic carbocycles. The molecule has 1 heterocycles. The summed E-state index contributed by atoms with van der Waals surface area (Å²) in [4.78, 5) is 67.0. The molecule has 3 unspecified atom stereocenters. The smallest absolute Gasteiger partial charge is 0.315 e. The lowest BCUT2D eigenvalue weighted by atomic mass is 9.69. The highest BCUT2D eigenvalue weighted by Gasteiger charge is 2.45. The molecule has 1 saturated heterocycles. The summed E-state index contributed by atoms with van der Waals surface area (Å²) in [5.74, 6) is -2.28. The lowest BCUT2D eigenvalue weighted by Crippen LogP contribution is -2.63. The Kier molecular flexibility index (Phi) is 13.8. The van der Waals surface area contributed by atoms with E-state index >= 15 is 0 Å². The Morgan fingerprint density at radius 1 is 0.915 bits per heavy atom. The second-order valence-corrected chi connectivity index (χ2v) is 14.9. The number of nitrogens with two attached hydrogens (primary N) is 1. The summed E-state index contributed by atoms with van der Waals surface area (Å²) < 4.78 is 0. The van der Waals surface area contributed by atoms with Gasteiger partial charge in [0.15, 0.2) is 0 Å². The number of primary amides is 1. The fourth-order valence-electron chi connectivity index (χ4n) is 7.24. The van der Waals surface area contributed by atoms with E-state index in [4.69, 9.17) is 5.73 Å². The number of likely N-dealkylation sites (tertiary alicyclic amines) is 1. The minimum atomic E-state index is -1.08. The van der Waals surface area contributed by atoms with Crippen LogP contribution in [0.4, 0.5) is 4.79 Å². The average molecular weight is 654 g/mol. The van der Waals surface area contributed by atoms with E-state index in [2.05, 4.69) is 48.9 Å². The lowest BCUT2D eigenvalue weighted by Gasteiger charge is -2.45. The number of nitrogens with zero attached hydrogens (tertiary/aromatic N) is 1. The molecule has 4 atom stereocenters. The van der Waals surface area contributed by atoms with Crippen molar-refractivity contribution in [2.45, 2.75) is 148 Å². The van der Waals surface area contributed by atoms with E-state index in [-0.39, 0.29) is 23.8 Å². The first kappa shape index (κ1) is 38.0. The molecule has 1 aliphatic heterocycles. The van der Waals surface area contributed by atoms with Gasteiger partial charge in [0.25, 0.3) is 5.91 Å². The fraction of sp³-hybridized carbons (Fsp3) is 0.703. The number of urea groups is 1. The van der Waals surface area contributed by atoms with Gasteiger partial charge < -0.3 is 26.6 Å². The molecule has 4 rings (SSSR count). The summed E-state index contributed by atoms with van der Waals surface area (Å²) in [5, 5.41) is 9.10. The van der Waals surface area contributed by atoms with Crippen molar-refractivity contribution in [3.63, 3.8) is 0 Å². The lowest BCUT2D eigenvalue weighted by molar-refractivity contribution is -0.143. The summed E-state index contributed by atoms with van der Waals surface area (Å²) in [7, 11) is 0. The molecule has 0 aromatic heterocycles. The number of rotatable bonds is 12. The summed E-state index contributed by atoms with van der Waals surface area (Å²) in [6.07, 6.45) is 10.3. The number of carbonyl (C=O) groups is 5. The first-order valence-corrected chi connectivity index (χ1v) is 17.9. The highest BCUT2D eigenvalue weighted by molar-refractivity contribution is 6.37. The van der Waals surface area contributed by atoms with Crippen molar-refractivity contribution in [3.8, 4) is 0 Å². The minimum Gasteiger partial charge on any atom is -0.363 e. The molecule has 262 valence electrons. The van der Waals surface area contributed by atoms with Crippen molar-refractivity contribution >= 4 is 29.5 Å². The predicted molar refractivity (Wildman–Crippen MR) is 184 cm³/mol. The van der Waals surface area contributed by atoms with Gasteiger partial charge in [0.1, 0.15) is 12.1 Å². The average Bonchev–Trinajstić information content (AvgIpc) is 3.70. The Morgan fingerprint density at radius 3 is 2.06 bits per heavy atom. The van der Waals surface area contributed by atoms with E-state index in [0.717, 1.165) is 51.4 Å². The number of amides is 5. The maximum atomic E-state index is 14.1. The van der Waals surface area contributed by atoms with E-state index in [9.17, 15) is 24.0 Å². The summed E-state index contributed by atoms with van der Waals surface area (Å²) >= 11 is 0. The molecule has 5 amide bonds. The van der Waals surface area contributed by atoms with Crippen LogP contribution >= 0.6 is 0 Å². The highest BCUT2D eigenvalue weighted by atomic mass is 16.2. The van der Waals surface area contributed by atoms with Crippen molar-refractivity contribution < 1.29 is 24.0 Å². The van der Waals surface area contributed by atoms with Crippen LogP contribution in [0.3, 0.4) is 0 Å². The number of hydrogen-bond acceptors (Lipinski definition) is 5. The normalized spacial score (nSPS) is 20.9. The summed E-state index contributed by atoms with van der Waals surface area (Å²) in [6, 6.07) is 7.24. The van der Waals surface area contributed by atoms with Crippen molar-refractivity contribution in [2.75, 3.05) is 6.54 Å². The first-order chi connectivity index (χ1) is 22.3. The standard InChI is InChI=1S/C34H51N5O5.C3H8/c1-5-24(23-13-8-6-9-14-23)34(18-10-7-11-19-34)38-32(44)37-28(33(2,3)4)31(43)39-20-12-15-26(39)30(42)36-25(21-22-16-17-22)27(40)29(35)41;1-3-2/h6,8-9,13-14,22,24-26,28H,5,7,10-12,15-21H2,1-4H3,(H2,35,41)(H,36,42)(H2,37,38,44);3H2,1-2H3/t24?,25?,26-,28?;/m0./s1. The molecule has 2 saturated carbocycles. The molecule has 3 aliphatic rings. The third-order valence-electron chi connectivity index (χ3n) is 9.75. The van der Waals surface area contributed by atoms with Crippen LogP contribution in [0.5, 0.6) is 0 Å². The largest absolute Gasteiger partial charge is 0.363 e. The van der Waals surface area contributed by atoms with Crippen molar-refractivity contribution in [2.24, 2.45) is 17.1 Å². The Hall–Kier alpha value is -3.43. The van der Waals surface area contributed by atoms with Crippen molar-refractivity contribution in [3.05, 3.63) is 35.9 Å². The number of benzene rings is 1. The molecular formula is C37H59N5O5. The third-order valence-corrected chi connectivity index (χ3v) is 9.75. The van der Waals surface area contributed by atoms with Crippen LogP contribution in [0.1, 0.15) is 130 Å². The van der Waals surface area contributed by atoms with Crippen LogP contribution in [-0.2, 0) is 19.2 Å². The Bertz CT molecular complexity index is 1220. The molecule has 2 aliphatic carbocycles. The third kappa shape index (κ3) is 10.3. The molecule has 0 spiro atoms. The van der Waals surface area contributed by atoms with Crippen LogP contribution < -0.4 is 21.7 Å². The van der Waals surface area contributed by atoms with Gasteiger partial charge in [0.05, 0.1) is 6.04 Å². The Balaban J connectivity index is 0.00000192. The molecule has 5 N–H and O–H groups in total. The van der Waals surface area contributed by atoms with E-state index in [1.54, 1.807) is 0 Å². The maximum absolute atomic E-state index is 14.1. The minimum absolute atomic E-state index is 0.136. The number of carbonyl (C=O) groups excluding carboxylic acids is 5. The number of Topliss-reactive ketones (excluding diaryl/α,β-unsaturated/α-hetero) is 1. The van der Waals surface area contributed by atoms with E-state index in [0.29, 0.717) is 25.8 Å². The van der Waals surface area contributed by atoms with Gasteiger partial charge in [-0.25, -0.2) is 4.79 Å². The molecule has 10 nitrogen and oxygen atoms in total. The van der Waals surface area contributed by atoms with Crippen molar-refractivity contribution in [1.29, 1.82) is 0 Å². The van der Waals surface area contributed by atoms with Crippen LogP contribution in [0, 0.1) is 11.3 Å². The van der Waals surface area contributed by atoms with Gasteiger partial charge in [-0.05, 0) is 55.4 Å².